The molecular formula is C27H38N10. The third-order valence-corrected chi connectivity index (χ3v) is 6.00. The van der Waals surface area contributed by atoms with Crippen molar-refractivity contribution in [3.05, 3.63) is 66.2 Å². The molecule has 2 aromatic rings. The minimum atomic E-state index is -0.170. The summed E-state index contributed by atoms with van der Waals surface area (Å²) >= 11 is 0. The molecule has 2 aliphatic heterocycles. The van der Waals surface area contributed by atoms with E-state index in [4.69, 9.17) is 20.0 Å². The van der Waals surface area contributed by atoms with Crippen LogP contribution in [0.15, 0.2) is 80.6 Å². The first-order valence-corrected chi connectivity index (χ1v) is 12.6. The number of para-hydroxylation sites is 1. The maximum Gasteiger partial charge on any atom is 0.207 e. The molecule has 2 aromatic carbocycles. The summed E-state index contributed by atoms with van der Waals surface area (Å²) in [6.07, 6.45) is 0.409. The van der Waals surface area contributed by atoms with Gasteiger partial charge in [0.05, 0.1) is 6.54 Å². The fraction of sp³-hybridized carbons (Fsp3) is 0.407. The summed E-state index contributed by atoms with van der Waals surface area (Å²) in [7, 11) is 10.0. The van der Waals surface area contributed by atoms with Crippen molar-refractivity contribution in [3.8, 4) is 0 Å². The van der Waals surface area contributed by atoms with Crippen LogP contribution < -0.4 is 10.6 Å². The van der Waals surface area contributed by atoms with E-state index < -0.39 is 0 Å². The first-order chi connectivity index (χ1) is 17.8. The average molecular weight is 503 g/mol. The summed E-state index contributed by atoms with van der Waals surface area (Å²) in [6.45, 7) is 3.26. The van der Waals surface area contributed by atoms with E-state index in [1.165, 1.54) is 0 Å². The van der Waals surface area contributed by atoms with Gasteiger partial charge in [-0.1, -0.05) is 48.5 Å². The molecule has 10 nitrogen and oxygen atoms in total. The van der Waals surface area contributed by atoms with Crippen LogP contribution in [0.1, 0.15) is 18.9 Å². The normalized spacial score (nSPS) is 20.6. The van der Waals surface area contributed by atoms with Crippen molar-refractivity contribution in [2.24, 2.45) is 20.0 Å². The second-order valence-corrected chi connectivity index (χ2v) is 9.51. The lowest BCUT2D eigenvalue weighted by atomic mass is 10.2. The molecule has 0 aromatic heterocycles. The van der Waals surface area contributed by atoms with Gasteiger partial charge in [0.1, 0.15) is 12.3 Å². The molecule has 4 rings (SSSR count). The maximum absolute atomic E-state index is 4.98. The Hall–Kier alpha value is -4.08. The van der Waals surface area contributed by atoms with Crippen LogP contribution in [0.25, 0.3) is 0 Å². The molecule has 0 bridgehead atoms. The number of anilines is 1. The molecular weight excluding hydrogens is 464 g/mol. The summed E-state index contributed by atoms with van der Waals surface area (Å²) < 4.78 is 0. The third-order valence-electron chi connectivity index (χ3n) is 6.00. The highest BCUT2D eigenvalue weighted by Gasteiger charge is 2.29. The Labute approximate surface area is 220 Å². The number of benzene rings is 2. The Morgan fingerprint density at radius 1 is 0.892 bits per heavy atom. The summed E-state index contributed by atoms with van der Waals surface area (Å²) in [5.41, 5.74) is 2.15. The monoisotopic (exact) mass is 502 g/mol. The molecule has 0 spiro atoms. The molecule has 2 atom stereocenters. The largest absolute Gasteiger partial charge is 0.349 e. The summed E-state index contributed by atoms with van der Waals surface area (Å²) in [6, 6.07) is 20.4. The molecule has 10 heteroatoms. The van der Waals surface area contributed by atoms with E-state index in [0.29, 0.717) is 13.1 Å². The SMILES string of the molecule is CC1N=C(Nc2ccccc2)N(CCC2N=C(N(C)C)N(C)C(=NCc3ccccc3)N2)C(N(C)C)=N1. The molecule has 0 radical (unpaired) electrons. The number of rotatable bonds is 6. The lowest BCUT2D eigenvalue weighted by molar-refractivity contribution is 0.405. The van der Waals surface area contributed by atoms with Crippen molar-refractivity contribution >= 4 is 29.5 Å². The zero-order valence-electron chi connectivity index (χ0n) is 22.6. The van der Waals surface area contributed by atoms with Crippen LogP contribution in [-0.4, -0.2) is 97.6 Å². The highest BCUT2D eigenvalue weighted by Crippen LogP contribution is 2.16. The molecule has 2 aliphatic rings. The summed E-state index contributed by atoms with van der Waals surface area (Å²) in [4.78, 5) is 27.6. The van der Waals surface area contributed by atoms with Gasteiger partial charge in [0.25, 0.3) is 0 Å². The van der Waals surface area contributed by atoms with Crippen molar-refractivity contribution in [3.63, 3.8) is 0 Å². The van der Waals surface area contributed by atoms with Crippen molar-refractivity contribution in [1.29, 1.82) is 0 Å². The fourth-order valence-corrected chi connectivity index (χ4v) is 4.22. The van der Waals surface area contributed by atoms with Crippen LogP contribution in [-0.2, 0) is 6.54 Å². The number of aliphatic imine (C=N–C) groups is 4. The van der Waals surface area contributed by atoms with Crippen molar-refractivity contribution in [1.82, 2.24) is 24.9 Å². The quantitative estimate of drug-likeness (QED) is 0.632. The number of hydrogen-bond donors (Lipinski definition) is 2. The first kappa shape index (κ1) is 26.0. The van der Waals surface area contributed by atoms with Crippen molar-refractivity contribution in [2.75, 3.05) is 47.1 Å². The Morgan fingerprint density at radius 2 is 1.54 bits per heavy atom. The molecule has 0 saturated carbocycles. The van der Waals surface area contributed by atoms with Crippen molar-refractivity contribution in [2.45, 2.75) is 32.2 Å². The average Bonchev–Trinajstić information content (AvgIpc) is 2.88. The number of nitrogens with zero attached hydrogens (tertiary/aromatic N) is 8. The van der Waals surface area contributed by atoms with Crippen LogP contribution in [0, 0.1) is 0 Å². The molecule has 37 heavy (non-hydrogen) atoms. The molecule has 2 unspecified atom stereocenters. The van der Waals surface area contributed by atoms with E-state index in [9.17, 15) is 0 Å². The Kier molecular flexibility index (Phi) is 8.27. The minimum absolute atomic E-state index is 0.149. The Bertz CT molecular complexity index is 1150. The first-order valence-electron chi connectivity index (χ1n) is 12.6. The van der Waals surface area contributed by atoms with E-state index >= 15 is 0 Å². The number of nitrogens with one attached hydrogen (secondary N) is 2. The Morgan fingerprint density at radius 3 is 2.19 bits per heavy atom. The molecule has 0 aliphatic carbocycles. The van der Waals surface area contributed by atoms with Gasteiger partial charge in [-0.05, 0) is 24.6 Å². The number of hydrogen-bond acceptors (Lipinski definition) is 8. The Balaban J connectivity index is 1.53. The predicted molar refractivity (Wildman–Crippen MR) is 153 cm³/mol. The number of guanidine groups is 4. The fourth-order valence-electron chi connectivity index (χ4n) is 4.22. The predicted octanol–water partition coefficient (Wildman–Crippen LogP) is 2.76. The smallest absolute Gasteiger partial charge is 0.207 e. The molecule has 0 saturated heterocycles. The van der Waals surface area contributed by atoms with Gasteiger partial charge < -0.3 is 20.4 Å². The molecule has 2 heterocycles. The van der Waals surface area contributed by atoms with E-state index in [2.05, 4.69) is 27.7 Å². The van der Waals surface area contributed by atoms with Crippen LogP contribution in [0.2, 0.25) is 0 Å². The van der Waals surface area contributed by atoms with Crippen molar-refractivity contribution < 1.29 is 0 Å². The van der Waals surface area contributed by atoms with Gasteiger partial charge in [0.2, 0.25) is 23.8 Å². The molecule has 2 N–H and O–H groups in total. The summed E-state index contributed by atoms with van der Waals surface area (Å²) in [5, 5.41) is 7.02. The van der Waals surface area contributed by atoms with Crippen LogP contribution >= 0.6 is 0 Å². The van der Waals surface area contributed by atoms with Gasteiger partial charge in [-0.3, -0.25) is 9.80 Å². The minimum Gasteiger partial charge on any atom is -0.349 e. The maximum atomic E-state index is 4.98. The van der Waals surface area contributed by atoms with Gasteiger partial charge in [-0.15, -0.1) is 0 Å². The standard InChI is InChI=1S/C27H38N10/c1-20-29-25(31-22-15-11-8-12-16-22)37(27(30-20)35(4)5)18-17-23-32-24(36(6)26(33-23)34(2)3)28-19-21-13-9-7-10-14-21/h7-16,20,23H,17-19H2,1-6H3,(H,28,32)(H,29,31). The van der Waals surface area contributed by atoms with E-state index in [1.807, 2.05) is 105 Å². The second kappa shape index (κ2) is 11.8. The van der Waals surface area contributed by atoms with Gasteiger partial charge in [0.15, 0.2) is 0 Å². The van der Waals surface area contributed by atoms with Gasteiger partial charge in [-0.25, -0.2) is 20.0 Å². The van der Waals surface area contributed by atoms with E-state index in [-0.39, 0.29) is 12.3 Å². The lowest BCUT2D eigenvalue weighted by Gasteiger charge is -2.37. The lowest BCUT2D eigenvalue weighted by Crippen LogP contribution is -2.56. The summed E-state index contributed by atoms with van der Waals surface area (Å²) in [5.74, 6) is 3.31. The molecule has 0 fully saturated rings. The van der Waals surface area contributed by atoms with Crippen LogP contribution in [0.5, 0.6) is 0 Å². The molecule has 0 amide bonds. The van der Waals surface area contributed by atoms with Gasteiger partial charge in [0, 0.05) is 53.9 Å². The van der Waals surface area contributed by atoms with Crippen LogP contribution in [0.3, 0.4) is 0 Å². The highest BCUT2D eigenvalue weighted by atomic mass is 15.5. The zero-order chi connectivity index (χ0) is 26.4. The highest BCUT2D eigenvalue weighted by molar-refractivity contribution is 6.06. The van der Waals surface area contributed by atoms with Gasteiger partial charge >= 0.3 is 0 Å². The zero-order valence-corrected chi connectivity index (χ0v) is 22.6. The van der Waals surface area contributed by atoms with E-state index in [1.54, 1.807) is 0 Å². The second-order valence-electron chi connectivity index (χ2n) is 9.51. The van der Waals surface area contributed by atoms with Crippen LogP contribution in [0.4, 0.5) is 5.69 Å². The van der Waals surface area contributed by atoms with Gasteiger partial charge in [-0.2, -0.15) is 0 Å². The van der Waals surface area contributed by atoms with E-state index in [0.717, 1.165) is 41.5 Å². The topological polar surface area (TPSA) is 86.5 Å². The molecule has 196 valence electrons. The third kappa shape index (κ3) is 6.58.